The predicted octanol–water partition coefficient (Wildman–Crippen LogP) is 1.69. The lowest BCUT2D eigenvalue weighted by molar-refractivity contribution is -0.0660. The molecule has 0 radical (unpaired) electrons. The number of aromatic nitrogens is 2. The molecule has 7 nitrogen and oxygen atoms in total. The first-order chi connectivity index (χ1) is 13.5. The van der Waals surface area contributed by atoms with E-state index in [4.69, 9.17) is 15.5 Å². The van der Waals surface area contributed by atoms with Gasteiger partial charge in [0.25, 0.3) is 0 Å². The molecule has 2 aliphatic heterocycles. The number of hydrogen-bond acceptors (Lipinski definition) is 5. The highest BCUT2D eigenvalue weighted by molar-refractivity contribution is 5.96. The standard InChI is InChI=1S/C21H27N5O2/c1-15(2)5-3-8-19-23-20-17(6-4-7-18(20)26(19)21(22)27)25-11-9-24(10-12-25)16-13-28-14-16/h4,6-7,15-16H,8-14H2,1-2H3,(H2,22,27). The van der Waals surface area contributed by atoms with Crippen LogP contribution in [0.4, 0.5) is 10.5 Å². The van der Waals surface area contributed by atoms with E-state index in [1.54, 1.807) is 0 Å². The van der Waals surface area contributed by atoms with E-state index in [0.717, 1.165) is 56.1 Å². The van der Waals surface area contributed by atoms with Gasteiger partial charge in [-0.2, -0.15) is 0 Å². The van der Waals surface area contributed by atoms with Gasteiger partial charge in [0.1, 0.15) is 11.3 Å². The molecular weight excluding hydrogens is 354 g/mol. The van der Waals surface area contributed by atoms with E-state index in [2.05, 4.69) is 27.7 Å². The van der Waals surface area contributed by atoms with Crippen molar-refractivity contribution in [3.8, 4) is 11.8 Å². The van der Waals surface area contributed by atoms with Crippen molar-refractivity contribution in [2.75, 3.05) is 44.3 Å². The molecule has 148 valence electrons. The molecule has 0 spiro atoms. The van der Waals surface area contributed by atoms with Crippen LogP contribution in [-0.4, -0.2) is 65.9 Å². The van der Waals surface area contributed by atoms with Crippen LogP contribution in [0.25, 0.3) is 11.0 Å². The molecule has 2 aromatic rings. The van der Waals surface area contributed by atoms with E-state index in [1.807, 2.05) is 26.0 Å². The Morgan fingerprint density at radius 1 is 1.29 bits per heavy atom. The van der Waals surface area contributed by atoms with E-state index in [9.17, 15) is 4.79 Å². The van der Waals surface area contributed by atoms with Crippen LogP contribution in [-0.2, 0) is 11.2 Å². The Hall–Kier alpha value is -2.56. The normalized spacial score (nSPS) is 18.2. The largest absolute Gasteiger partial charge is 0.378 e. The van der Waals surface area contributed by atoms with Crippen LogP contribution in [0, 0.1) is 17.8 Å². The smallest absolute Gasteiger partial charge is 0.324 e. The maximum absolute atomic E-state index is 12.1. The topological polar surface area (TPSA) is 76.6 Å². The highest BCUT2D eigenvalue weighted by Crippen LogP contribution is 2.28. The van der Waals surface area contributed by atoms with Gasteiger partial charge in [-0.3, -0.25) is 4.90 Å². The molecule has 28 heavy (non-hydrogen) atoms. The van der Waals surface area contributed by atoms with E-state index < -0.39 is 6.03 Å². The second-order valence-electron chi connectivity index (χ2n) is 7.71. The minimum absolute atomic E-state index is 0.277. The maximum atomic E-state index is 12.1. The molecule has 7 heteroatoms. The molecule has 0 bridgehead atoms. The zero-order valence-corrected chi connectivity index (χ0v) is 16.5. The minimum atomic E-state index is -0.518. The first-order valence-electron chi connectivity index (χ1n) is 9.90. The fraction of sp³-hybridized carbons (Fsp3) is 0.524. The summed E-state index contributed by atoms with van der Waals surface area (Å²) >= 11 is 0. The van der Waals surface area contributed by atoms with Crippen molar-refractivity contribution in [3.63, 3.8) is 0 Å². The summed E-state index contributed by atoms with van der Waals surface area (Å²) in [5, 5.41) is 0. The van der Waals surface area contributed by atoms with Crippen LogP contribution in [0.3, 0.4) is 0 Å². The number of piperazine rings is 1. The van der Waals surface area contributed by atoms with Gasteiger partial charge in [-0.25, -0.2) is 14.3 Å². The van der Waals surface area contributed by atoms with Gasteiger partial charge >= 0.3 is 6.03 Å². The first-order valence-corrected chi connectivity index (χ1v) is 9.90. The van der Waals surface area contributed by atoms with Gasteiger partial charge in [0, 0.05) is 32.1 Å². The van der Waals surface area contributed by atoms with Crippen LogP contribution in [0.2, 0.25) is 0 Å². The van der Waals surface area contributed by atoms with E-state index >= 15 is 0 Å². The minimum Gasteiger partial charge on any atom is -0.378 e. The van der Waals surface area contributed by atoms with Crippen LogP contribution in [0.1, 0.15) is 19.7 Å². The third-order valence-electron chi connectivity index (χ3n) is 5.38. The summed E-state index contributed by atoms with van der Waals surface area (Å²) < 4.78 is 6.82. The molecule has 1 amide bonds. The maximum Gasteiger partial charge on any atom is 0.324 e. The fourth-order valence-electron chi connectivity index (χ4n) is 3.85. The molecule has 0 unspecified atom stereocenters. The quantitative estimate of drug-likeness (QED) is 0.819. The number of rotatable bonds is 3. The number of hydrogen-bond donors (Lipinski definition) is 1. The van der Waals surface area contributed by atoms with Crippen molar-refractivity contribution in [3.05, 3.63) is 24.0 Å². The van der Waals surface area contributed by atoms with Gasteiger partial charge in [0.15, 0.2) is 0 Å². The molecule has 2 saturated heterocycles. The van der Waals surface area contributed by atoms with Gasteiger partial charge < -0.3 is 15.4 Å². The average molecular weight is 381 g/mol. The lowest BCUT2D eigenvalue weighted by atomic mass is 10.1. The van der Waals surface area contributed by atoms with Crippen LogP contribution >= 0.6 is 0 Å². The van der Waals surface area contributed by atoms with Crippen LogP contribution in [0.15, 0.2) is 18.2 Å². The zero-order valence-electron chi connectivity index (χ0n) is 16.5. The van der Waals surface area contributed by atoms with Crippen LogP contribution < -0.4 is 10.6 Å². The number of para-hydroxylation sites is 1. The number of nitrogens with two attached hydrogens (primary N) is 1. The number of ether oxygens (including phenoxy) is 1. The zero-order chi connectivity index (χ0) is 19.7. The highest BCUT2D eigenvalue weighted by atomic mass is 16.5. The molecular formula is C21H27N5O2. The fourth-order valence-corrected chi connectivity index (χ4v) is 3.85. The van der Waals surface area contributed by atoms with E-state index in [-0.39, 0.29) is 5.92 Å². The van der Waals surface area contributed by atoms with Crippen molar-refractivity contribution in [1.82, 2.24) is 14.5 Å². The van der Waals surface area contributed by atoms with Gasteiger partial charge in [0.05, 0.1) is 36.9 Å². The average Bonchev–Trinajstić information content (AvgIpc) is 2.99. The summed E-state index contributed by atoms with van der Waals surface area (Å²) in [6.45, 7) is 9.65. The number of carbonyl (C=O) groups excluding carboxylic acids is 1. The van der Waals surface area contributed by atoms with E-state index in [1.165, 1.54) is 4.57 Å². The number of carbonyl (C=O) groups is 1. The predicted molar refractivity (Wildman–Crippen MR) is 109 cm³/mol. The van der Waals surface area contributed by atoms with Gasteiger partial charge in [0.2, 0.25) is 0 Å². The Morgan fingerprint density at radius 3 is 2.64 bits per heavy atom. The molecule has 1 aromatic heterocycles. The Labute approximate surface area is 165 Å². The number of benzene rings is 1. The van der Waals surface area contributed by atoms with Crippen molar-refractivity contribution in [1.29, 1.82) is 0 Å². The lowest BCUT2D eigenvalue weighted by Gasteiger charge is -2.43. The molecule has 0 saturated carbocycles. The number of fused-ring (bicyclic) bond motifs is 1. The Kier molecular flexibility index (Phi) is 5.25. The number of anilines is 1. The Morgan fingerprint density at radius 2 is 2.04 bits per heavy atom. The van der Waals surface area contributed by atoms with E-state index in [0.29, 0.717) is 18.3 Å². The van der Waals surface area contributed by atoms with Gasteiger partial charge in [-0.1, -0.05) is 25.8 Å². The molecule has 2 fully saturated rings. The first kappa shape index (κ1) is 18.8. The summed E-state index contributed by atoms with van der Waals surface area (Å²) in [5.41, 5.74) is 8.29. The van der Waals surface area contributed by atoms with Gasteiger partial charge in [-0.05, 0) is 12.1 Å². The molecule has 1 aromatic carbocycles. The molecule has 2 N–H and O–H groups in total. The van der Waals surface area contributed by atoms with Crippen molar-refractivity contribution in [2.24, 2.45) is 11.7 Å². The number of nitrogens with zero attached hydrogens (tertiary/aromatic N) is 4. The number of amides is 1. The van der Waals surface area contributed by atoms with Crippen molar-refractivity contribution < 1.29 is 9.53 Å². The second kappa shape index (κ2) is 7.82. The Balaban J connectivity index is 1.62. The van der Waals surface area contributed by atoms with Crippen molar-refractivity contribution >= 4 is 22.8 Å². The second-order valence-corrected chi connectivity index (χ2v) is 7.71. The molecule has 0 atom stereocenters. The molecule has 0 aliphatic carbocycles. The lowest BCUT2D eigenvalue weighted by Crippen LogP contribution is -2.56. The van der Waals surface area contributed by atoms with Crippen LogP contribution in [0.5, 0.6) is 0 Å². The summed E-state index contributed by atoms with van der Waals surface area (Å²) in [6.07, 6.45) is 0.407. The monoisotopic (exact) mass is 381 g/mol. The van der Waals surface area contributed by atoms with Gasteiger partial charge in [-0.15, -0.1) is 5.92 Å². The Bertz CT molecular complexity index is 927. The summed E-state index contributed by atoms with van der Waals surface area (Å²) in [4.78, 5) is 21.7. The third kappa shape index (κ3) is 3.58. The SMILES string of the molecule is CC(C)C#CCc1nc2c(N3CCN(C4COC4)CC3)cccc2n1C(N)=O. The molecule has 4 rings (SSSR count). The summed E-state index contributed by atoms with van der Waals surface area (Å²) in [6, 6.07) is 5.99. The highest BCUT2D eigenvalue weighted by Gasteiger charge is 2.29. The van der Waals surface area contributed by atoms with Crippen molar-refractivity contribution in [2.45, 2.75) is 26.3 Å². The summed E-state index contributed by atoms with van der Waals surface area (Å²) in [5.74, 6) is 7.12. The molecule has 3 heterocycles. The molecule has 2 aliphatic rings. The number of imidazole rings is 1. The third-order valence-corrected chi connectivity index (χ3v) is 5.38. The number of primary amides is 1. The summed E-state index contributed by atoms with van der Waals surface area (Å²) in [7, 11) is 0.